The van der Waals surface area contributed by atoms with Crippen molar-refractivity contribution in [1.29, 1.82) is 0 Å². The van der Waals surface area contributed by atoms with Crippen LogP contribution in [0.1, 0.15) is 44.1 Å². The van der Waals surface area contributed by atoms with Crippen LogP contribution in [0.2, 0.25) is 0 Å². The van der Waals surface area contributed by atoms with Gasteiger partial charge >= 0.3 is 0 Å². The predicted octanol–water partition coefficient (Wildman–Crippen LogP) is 3.05. The zero-order valence-electron chi connectivity index (χ0n) is 12.8. The number of amides is 1. The summed E-state index contributed by atoms with van der Waals surface area (Å²) in [6.45, 7) is 4.26. The van der Waals surface area contributed by atoms with Crippen molar-refractivity contribution in [3.8, 4) is 0 Å². The van der Waals surface area contributed by atoms with Gasteiger partial charge in [0.1, 0.15) is 0 Å². The first kappa shape index (κ1) is 14.6. The maximum Gasteiger partial charge on any atom is 0.222 e. The summed E-state index contributed by atoms with van der Waals surface area (Å²) in [4.78, 5) is 16.9. The number of nitrogens with zero attached hydrogens (tertiary/aromatic N) is 2. The van der Waals surface area contributed by atoms with E-state index >= 15 is 0 Å². The minimum absolute atomic E-state index is 0.397. The summed E-state index contributed by atoms with van der Waals surface area (Å²) in [5.74, 6) is 0.397. The van der Waals surface area contributed by atoms with Gasteiger partial charge in [-0.2, -0.15) is 0 Å². The van der Waals surface area contributed by atoms with Crippen LogP contribution in [0.25, 0.3) is 0 Å². The molecule has 0 N–H and O–H groups in total. The Hall–Kier alpha value is -1.35. The van der Waals surface area contributed by atoms with Crippen LogP contribution in [0, 0.1) is 0 Å². The molecule has 0 spiro atoms. The Kier molecular flexibility index (Phi) is 4.91. The zero-order chi connectivity index (χ0) is 14.5. The molecule has 0 bridgehead atoms. The first-order valence-corrected chi connectivity index (χ1v) is 8.39. The van der Waals surface area contributed by atoms with E-state index < -0.39 is 0 Å². The average molecular weight is 286 g/mol. The number of rotatable bonds is 3. The fraction of sp³-hybridized carbons (Fsp3) is 0.611. The largest absolute Gasteiger partial charge is 0.340 e. The zero-order valence-corrected chi connectivity index (χ0v) is 12.8. The number of hydrogen-bond acceptors (Lipinski definition) is 2. The number of carbonyl (C=O) groups excluding carboxylic acids is 1. The van der Waals surface area contributed by atoms with Crippen LogP contribution in [-0.2, 0) is 11.3 Å². The summed E-state index contributed by atoms with van der Waals surface area (Å²) in [5.41, 5.74) is 1.39. The monoisotopic (exact) mass is 286 g/mol. The Balaban J connectivity index is 1.51. The lowest BCUT2D eigenvalue weighted by Crippen LogP contribution is -2.47. The van der Waals surface area contributed by atoms with Crippen LogP contribution < -0.4 is 0 Å². The van der Waals surface area contributed by atoms with Gasteiger partial charge in [0.2, 0.25) is 5.91 Å². The van der Waals surface area contributed by atoms with Gasteiger partial charge < -0.3 is 4.90 Å². The van der Waals surface area contributed by atoms with Gasteiger partial charge in [-0.15, -0.1) is 0 Å². The van der Waals surface area contributed by atoms with E-state index in [-0.39, 0.29) is 0 Å². The second kappa shape index (κ2) is 7.08. The molecule has 2 saturated heterocycles. The van der Waals surface area contributed by atoms with E-state index in [4.69, 9.17) is 0 Å². The minimum atomic E-state index is 0.397. The number of carbonyl (C=O) groups is 1. The highest BCUT2D eigenvalue weighted by Crippen LogP contribution is 2.22. The van der Waals surface area contributed by atoms with Crippen LogP contribution >= 0.6 is 0 Å². The molecule has 0 unspecified atom stereocenters. The summed E-state index contributed by atoms with van der Waals surface area (Å²) in [5, 5.41) is 0. The van der Waals surface area contributed by atoms with Crippen molar-refractivity contribution in [2.24, 2.45) is 0 Å². The third-order valence-electron chi connectivity index (χ3n) is 4.86. The van der Waals surface area contributed by atoms with Crippen molar-refractivity contribution in [3.05, 3.63) is 35.9 Å². The van der Waals surface area contributed by atoms with Crippen molar-refractivity contribution in [3.63, 3.8) is 0 Å². The van der Waals surface area contributed by atoms with Crippen molar-refractivity contribution < 1.29 is 4.79 Å². The Bertz CT molecular complexity index is 452. The van der Waals surface area contributed by atoms with Gasteiger partial charge in [0.05, 0.1) is 0 Å². The number of benzene rings is 1. The van der Waals surface area contributed by atoms with E-state index in [1.54, 1.807) is 0 Å². The molecule has 0 atom stereocenters. The molecule has 1 aromatic rings. The topological polar surface area (TPSA) is 23.6 Å². The van der Waals surface area contributed by atoms with Gasteiger partial charge in [-0.1, -0.05) is 36.8 Å². The molecule has 0 aromatic heterocycles. The molecule has 3 heteroatoms. The van der Waals surface area contributed by atoms with E-state index in [9.17, 15) is 4.79 Å². The van der Waals surface area contributed by atoms with Crippen LogP contribution in [0.3, 0.4) is 0 Å². The van der Waals surface area contributed by atoms with Crippen LogP contribution in [0.4, 0.5) is 0 Å². The predicted molar refractivity (Wildman–Crippen MR) is 84.9 cm³/mol. The first-order valence-electron chi connectivity index (χ1n) is 8.39. The highest BCUT2D eigenvalue weighted by Gasteiger charge is 2.28. The molecule has 0 saturated carbocycles. The third kappa shape index (κ3) is 3.85. The molecule has 2 fully saturated rings. The van der Waals surface area contributed by atoms with E-state index in [1.807, 2.05) is 0 Å². The highest BCUT2D eigenvalue weighted by atomic mass is 16.2. The Morgan fingerprint density at radius 2 is 1.71 bits per heavy atom. The maximum atomic E-state index is 12.2. The van der Waals surface area contributed by atoms with Gasteiger partial charge in [0.15, 0.2) is 0 Å². The molecular weight excluding hydrogens is 260 g/mol. The Labute approximate surface area is 127 Å². The Morgan fingerprint density at radius 1 is 0.952 bits per heavy atom. The van der Waals surface area contributed by atoms with Gasteiger partial charge in [0, 0.05) is 38.6 Å². The first-order chi connectivity index (χ1) is 10.3. The van der Waals surface area contributed by atoms with E-state index in [1.165, 1.54) is 18.4 Å². The van der Waals surface area contributed by atoms with E-state index in [0.29, 0.717) is 11.9 Å². The maximum absolute atomic E-state index is 12.2. The Morgan fingerprint density at radius 3 is 2.48 bits per heavy atom. The molecule has 114 valence electrons. The van der Waals surface area contributed by atoms with E-state index in [0.717, 1.165) is 51.9 Å². The van der Waals surface area contributed by atoms with E-state index in [2.05, 4.69) is 40.1 Å². The van der Waals surface area contributed by atoms with Gasteiger partial charge in [-0.3, -0.25) is 9.69 Å². The summed E-state index contributed by atoms with van der Waals surface area (Å²) in [7, 11) is 0. The van der Waals surface area contributed by atoms with Crippen molar-refractivity contribution in [2.75, 3.05) is 19.6 Å². The summed E-state index contributed by atoms with van der Waals surface area (Å²) >= 11 is 0. The summed E-state index contributed by atoms with van der Waals surface area (Å²) in [6, 6.07) is 11.2. The molecule has 2 aliphatic heterocycles. The molecule has 3 nitrogen and oxygen atoms in total. The number of piperidine rings is 1. The quantitative estimate of drug-likeness (QED) is 0.852. The standard InChI is InChI=1S/C18H26N2O/c21-18-9-5-2-6-12-20(18)17-10-13-19(14-11-17)15-16-7-3-1-4-8-16/h1,3-4,7-8,17H,2,5-6,9-15H2. The molecule has 0 aliphatic carbocycles. The van der Waals surface area contributed by atoms with Gasteiger partial charge in [-0.05, 0) is 31.2 Å². The van der Waals surface area contributed by atoms with Crippen LogP contribution in [0.15, 0.2) is 30.3 Å². The molecular formula is C18H26N2O. The lowest BCUT2D eigenvalue weighted by atomic mass is 10.0. The highest BCUT2D eigenvalue weighted by molar-refractivity contribution is 5.76. The smallest absolute Gasteiger partial charge is 0.222 e. The molecule has 2 heterocycles. The lowest BCUT2D eigenvalue weighted by Gasteiger charge is -2.38. The van der Waals surface area contributed by atoms with Crippen LogP contribution in [-0.4, -0.2) is 41.4 Å². The lowest BCUT2D eigenvalue weighted by molar-refractivity contribution is -0.133. The number of likely N-dealkylation sites (tertiary alicyclic amines) is 2. The molecule has 3 rings (SSSR count). The molecule has 1 aromatic carbocycles. The third-order valence-corrected chi connectivity index (χ3v) is 4.86. The summed E-state index contributed by atoms with van der Waals surface area (Å²) < 4.78 is 0. The summed E-state index contributed by atoms with van der Waals surface area (Å²) in [6.07, 6.45) is 6.54. The second-order valence-corrected chi connectivity index (χ2v) is 6.39. The molecule has 1 amide bonds. The fourth-order valence-electron chi connectivity index (χ4n) is 3.62. The molecule has 0 radical (unpaired) electrons. The SMILES string of the molecule is O=C1CCCCCN1C1CCN(Cc2ccccc2)CC1. The molecule has 21 heavy (non-hydrogen) atoms. The molecule has 2 aliphatic rings. The van der Waals surface area contributed by atoms with Gasteiger partial charge in [0.25, 0.3) is 0 Å². The number of hydrogen-bond donors (Lipinski definition) is 0. The van der Waals surface area contributed by atoms with Crippen molar-refractivity contribution in [1.82, 2.24) is 9.80 Å². The van der Waals surface area contributed by atoms with Crippen LogP contribution in [0.5, 0.6) is 0 Å². The van der Waals surface area contributed by atoms with Crippen molar-refractivity contribution in [2.45, 2.75) is 51.1 Å². The average Bonchev–Trinajstić information content (AvgIpc) is 2.74. The second-order valence-electron chi connectivity index (χ2n) is 6.39. The van der Waals surface area contributed by atoms with Gasteiger partial charge in [-0.25, -0.2) is 0 Å². The minimum Gasteiger partial charge on any atom is -0.340 e. The fourth-order valence-corrected chi connectivity index (χ4v) is 3.62. The van der Waals surface area contributed by atoms with Crippen molar-refractivity contribution >= 4 is 5.91 Å². The normalized spacial score (nSPS) is 22.3.